The van der Waals surface area contributed by atoms with Gasteiger partial charge >= 0.3 is 12.0 Å². The van der Waals surface area contributed by atoms with Crippen LogP contribution in [0.3, 0.4) is 0 Å². The lowest BCUT2D eigenvalue weighted by atomic mass is 9.87. The van der Waals surface area contributed by atoms with Crippen molar-refractivity contribution in [3.05, 3.63) is 0 Å². The fourth-order valence-electron chi connectivity index (χ4n) is 1.73. The minimum Gasteiger partial charge on any atom is -0.480 e. The number of carbonyl (C=O) groups excluding carboxylic acids is 1. The molecule has 0 saturated heterocycles. The summed E-state index contributed by atoms with van der Waals surface area (Å²) in [5.74, 6) is -0.700. The second-order valence-electron chi connectivity index (χ2n) is 6.01. The minimum absolute atomic E-state index is 0.0550. The number of amides is 2. The Kier molecular flexibility index (Phi) is 6.15. The van der Waals surface area contributed by atoms with E-state index in [9.17, 15) is 9.59 Å². The standard InChI is InChI=1S/C13H26N2O3/c1-7-9(8(2)3)14-12(18)15-10(11(16)17)13(4,5)6/h8-10H,7H2,1-6H3,(H,16,17)(H2,14,15,18)/t9?,10-/m1/s1. The van der Waals surface area contributed by atoms with Gasteiger partial charge in [0.1, 0.15) is 6.04 Å². The fraction of sp³-hybridized carbons (Fsp3) is 0.846. The highest BCUT2D eigenvalue weighted by molar-refractivity contribution is 5.83. The van der Waals surface area contributed by atoms with E-state index in [1.165, 1.54) is 0 Å². The average Bonchev–Trinajstić information content (AvgIpc) is 2.19. The van der Waals surface area contributed by atoms with Crippen molar-refractivity contribution >= 4 is 12.0 Å². The lowest BCUT2D eigenvalue weighted by molar-refractivity contribution is -0.141. The molecular formula is C13H26N2O3. The number of hydrogen-bond acceptors (Lipinski definition) is 2. The largest absolute Gasteiger partial charge is 0.480 e. The zero-order valence-electron chi connectivity index (χ0n) is 12.2. The number of aliphatic carboxylic acids is 1. The predicted octanol–water partition coefficient (Wildman–Crippen LogP) is 2.22. The van der Waals surface area contributed by atoms with Crippen molar-refractivity contribution in [1.29, 1.82) is 0 Å². The Labute approximate surface area is 109 Å². The Morgan fingerprint density at radius 2 is 1.67 bits per heavy atom. The van der Waals surface area contributed by atoms with Gasteiger partial charge in [-0.25, -0.2) is 9.59 Å². The lowest BCUT2D eigenvalue weighted by Crippen LogP contribution is -2.54. The molecule has 0 aromatic rings. The first-order valence-corrected chi connectivity index (χ1v) is 6.39. The van der Waals surface area contributed by atoms with Gasteiger partial charge in [-0.15, -0.1) is 0 Å². The summed E-state index contributed by atoms with van der Waals surface area (Å²) < 4.78 is 0. The third-order valence-electron chi connectivity index (χ3n) is 2.95. The molecule has 0 heterocycles. The van der Waals surface area contributed by atoms with E-state index in [-0.39, 0.29) is 6.04 Å². The van der Waals surface area contributed by atoms with Crippen LogP contribution in [0, 0.1) is 11.3 Å². The Hall–Kier alpha value is -1.26. The molecule has 0 fully saturated rings. The van der Waals surface area contributed by atoms with Crippen LogP contribution in [-0.4, -0.2) is 29.2 Å². The van der Waals surface area contributed by atoms with E-state index >= 15 is 0 Å². The van der Waals surface area contributed by atoms with Gasteiger partial charge in [0.25, 0.3) is 0 Å². The molecule has 5 heteroatoms. The smallest absolute Gasteiger partial charge is 0.326 e. The molecule has 3 N–H and O–H groups in total. The molecule has 18 heavy (non-hydrogen) atoms. The quantitative estimate of drug-likeness (QED) is 0.707. The molecule has 0 spiro atoms. The zero-order valence-corrected chi connectivity index (χ0v) is 12.2. The van der Waals surface area contributed by atoms with Crippen molar-refractivity contribution in [3.8, 4) is 0 Å². The fourth-order valence-corrected chi connectivity index (χ4v) is 1.73. The van der Waals surface area contributed by atoms with Crippen LogP contribution in [0.5, 0.6) is 0 Å². The molecule has 106 valence electrons. The maximum absolute atomic E-state index is 11.8. The van der Waals surface area contributed by atoms with Crippen molar-refractivity contribution in [3.63, 3.8) is 0 Å². The van der Waals surface area contributed by atoms with Crippen LogP contribution in [0.25, 0.3) is 0 Å². The molecule has 2 atom stereocenters. The maximum Gasteiger partial charge on any atom is 0.326 e. The van der Waals surface area contributed by atoms with Crippen LogP contribution in [0.4, 0.5) is 4.79 Å². The SMILES string of the molecule is CCC(NC(=O)N[C@H](C(=O)O)C(C)(C)C)C(C)C. The van der Waals surface area contributed by atoms with E-state index in [0.29, 0.717) is 5.92 Å². The Morgan fingerprint density at radius 3 is 1.94 bits per heavy atom. The highest BCUT2D eigenvalue weighted by Gasteiger charge is 2.32. The third kappa shape index (κ3) is 5.38. The summed E-state index contributed by atoms with van der Waals surface area (Å²) in [6.07, 6.45) is 0.818. The Bertz CT molecular complexity index is 295. The molecule has 0 aliphatic heterocycles. The molecule has 0 radical (unpaired) electrons. The van der Waals surface area contributed by atoms with Gasteiger partial charge < -0.3 is 15.7 Å². The molecule has 0 bridgehead atoms. The first-order valence-electron chi connectivity index (χ1n) is 6.39. The topological polar surface area (TPSA) is 78.4 Å². The van der Waals surface area contributed by atoms with E-state index in [1.807, 2.05) is 20.8 Å². The third-order valence-corrected chi connectivity index (χ3v) is 2.95. The van der Waals surface area contributed by atoms with Gasteiger partial charge in [-0.05, 0) is 17.8 Å². The number of hydrogen-bond donors (Lipinski definition) is 3. The Balaban J connectivity index is 4.58. The number of carboxylic acids is 1. The van der Waals surface area contributed by atoms with Crippen molar-refractivity contribution in [2.45, 2.75) is 60.0 Å². The molecule has 0 aromatic heterocycles. The van der Waals surface area contributed by atoms with Gasteiger partial charge in [-0.3, -0.25) is 0 Å². The zero-order chi connectivity index (χ0) is 14.5. The summed E-state index contributed by atoms with van der Waals surface area (Å²) in [6, 6.07) is -1.26. The van der Waals surface area contributed by atoms with Crippen LogP contribution < -0.4 is 10.6 Å². The molecule has 0 aliphatic rings. The van der Waals surface area contributed by atoms with Crippen molar-refractivity contribution in [1.82, 2.24) is 10.6 Å². The molecule has 2 amide bonds. The van der Waals surface area contributed by atoms with Crippen LogP contribution in [-0.2, 0) is 4.79 Å². The van der Waals surface area contributed by atoms with Gasteiger partial charge in [0.15, 0.2) is 0 Å². The van der Waals surface area contributed by atoms with Gasteiger partial charge in [0, 0.05) is 6.04 Å². The molecule has 5 nitrogen and oxygen atoms in total. The maximum atomic E-state index is 11.8. The highest BCUT2D eigenvalue weighted by atomic mass is 16.4. The second kappa shape index (κ2) is 6.61. The first kappa shape index (κ1) is 16.7. The Morgan fingerprint density at radius 1 is 1.17 bits per heavy atom. The second-order valence-corrected chi connectivity index (χ2v) is 6.01. The minimum atomic E-state index is -1.02. The summed E-state index contributed by atoms with van der Waals surface area (Å²) >= 11 is 0. The van der Waals surface area contributed by atoms with E-state index in [2.05, 4.69) is 10.6 Å². The van der Waals surface area contributed by atoms with Crippen molar-refractivity contribution < 1.29 is 14.7 Å². The lowest BCUT2D eigenvalue weighted by Gasteiger charge is -2.29. The molecule has 0 saturated carbocycles. The number of carboxylic acid groups (broad SMARTS) is 1. The molecule has 0 aromatic carbocycles. The van der Waals surface area contributed by atoms with Gasteiger partial charge in [-0.1, -0.05) is 41.5 Å². The van der Waals surface area contributed by atoms with Crippen LogP contribution in [0.15, 0.2) is 0 Å². The van der Waals surface area contributed by atoms with Gasteiger partial charge in [0.2, 0.25) is 0 Å². The number of nitrogens with one attached hydrogen (secondary N) is 2. The van der Waals surface area contributed by atoms with Gasteiger partial charge in [0.05, 0.1) is 0 Å². The molecule has 0 aliphatic carbocycles. The summed E-state index contributed by atoms with van der Waals surface area (Å²) in [4.78, 5) is 22.9. The van der Waals surface area contributed by atoms with Crippen LogP contribution in [0.1, 0.15) is 48.0 Å². The summed E-state index contributed by atoms with van der Waals surface area (Å²) in [5, 5.41) is 14.5. The number of carbonyl (C=O) groups is 2. The van der Waals surface area contributed by atoms with E-state index in [4.69, 9.17) is 5.11 Å². The number of urea groups is 1. The number of rotatable bonds is 5. The van der Waals surface area contributed by atoms with E-state index in [0.717, 1.165) is 6.42 Å². The van der Waals surface area contributed by atoms with Crippen LogP contribution >= 0.6 is 0 Å². The highest BCUT2D eigenvalue weighted by Crippen LogP contribution is 2.19. The van der Waals surface area contributed by atoms with Crippen molar-refractivity contribution in [2.75, 3.05) is 0 Å². The predicted molar refractivity (Wildman–Crippen MR) is 71.5 cm³/mol. The molecular weight excluding hydrogens is 232 g/mol. The van der Waals surface area contributed by atoms with Crippen molar-refractivity contribution in [2.24, 2.45) is 11.3 Å². The molecule has 1 unspecified atom stereocenters. The van der Waals surface area contributed by atoms with E-state index in [1.54, 1.807) is 20.8 Å². The normalized spacial score (nSPS) is 15.1. The van der Waals surface area contributed by atoms with E-state index < -0.39 is 23.5 Å². The van der Waals surface area contributed by atoms with Crippen LogP contribution in [0.2, 0.25) is 0 Å². The molecule has 0 rings (SSSR count). The first-order chi connectivity index (χ1) is 8.09. The van der Waals surface area contributed by atoms with Gasteiger partial charge in [-0.2, -0.15) is 0 Å². The summed E-state index contributed by atoms with van der Waals surface area (Å²) in [7, 11) is 0. The summed E-state index contributed by atoms with van der Waals surface area (Å²) in [6.45, 7) is 11.4. The average molecular weight is 258 g/mol. The monoisotopic (exact) mass is 258 g/mol. The summed E-state index contributed by atoms with van der Waals surface area (Å²) in [5.41, 5.74) is -0.525.